The first kappa shape index (κ1) is 19.6. The van der Waals surface area contributed by atoms with E-state index in [0.29, 0.717) is 5.56 Å². The van der Waals surface area contributed by atoms with Gasteiger partial charge in [-0.25, -0.2) is 17.2 Å². The van der Waals surface area contributed by atoms with Crippen LogP contribution in [0, 0.1) is 11.6 Å². The summed E-state index contributed by atoms with van der Waals surface area (Å²) in [6, 6.07) is 12.7. The zero-order valence-electron chi connectivity index (χ0n) is 14.5. The molecular weight excluding hydrogens is 386 g/mol. The minimum absolute atomic E-state index is 0.0733. The summed E-state index contributed by atoms with van der Waals surface area (Å²) in [4.78, 5) is 16.2. The number of hydrogen-bond acceptors (Lipinski definition) is 4. The van der Waals surface area contributed by atoms with E-state index in [0.717, 1.165) is 18.2 Å². The number of halogens is 2. The number of aromatic nitrogens is 1. The predicted molar refractivity (Wildman–Crippen MR) is 99.3 cm³/mol. The molecule has 0 saturated carbocycles. The van der Waals surface area contributed by atoms with Gasteiger partial charge in [-0.2, -0.15) is 0 Å². The third kappa shape index (κ3) is 4.40. The van der Waals surface area contributed by atoms with Crippen LogP contribution in [0.4, 0.5) is 8.78 Å². The Hall–Kier alpha value is -3.13. The number of pyridine rings is 1. The number of sulfone groups is 1. The first-order valence-corrected chi connectivity index (χ1v) is 9.86. The third-order valence-corrected chi connectivity index (χ3v) is 6.22. The van der Waals surface area contributed by atoms with Crippen molar-refractivity contribution in [3.63, 3.8) is 0 Å². The second-order valence-corrected chi connectivity index (χ2v) is 8.12. The lowest BCUT2D eigenvalue weighted by atomic mass is 10.2. The van der Waals surface area contributed by atoms with Gasteiger partial charge in [0.15, 0.2) is 9.84 Å². The molecule has 0 aliphatic carbocycles. The quantitative estimate of drug-likeness (QED) is 0.642. The molecule has 0 saturated heterocycles. The molecule has 2 aromatic carbocycles. The number of benzene rings is 2. The number of carbonyl (C=O) groups excluding carboxylic acids is 1. The first-order valence-electron chi connectivity index (χ1n) is 8.31. The van der Waals surface area contributed by atoms with Crippen molar-refractivity contribution in [2.24, 2.45) is 0 Å². The van der Waals surface area contributed by atoms with Gasteiger partial charge in [0.05, 0.1) is 4.90 Å². The molecule has 0 unspecified atom stereocenters. The van der Waals surface area contributed by atoms with Crippen LogP contribution in [0.15, 0.2) is 78.0 Å². The van der Waals surface area contributed by atoms with Gasteiger partial charge in [-0.3, -0.25) is 9.78 Å². The fraction of sp³-hybridized carbons (Fsp3) is 0.100. The van der Waals surface area contributed by atoms with Crippen molar-refractivity contribution in [1.82, 2.24) is 10.3 Å². The predicted octanol–water partition coefficient (Wildman–Crippen LogP) is 3.30. The summed E-state index contributed by atoms with van der Waals surface area (Å²) in [6.45, 7) is -0.263. The molecular formula is C20H16F2N2O3S. The minimum Gasteiger partial charge on any atom is -0.350 e. The van der Waals surface area contributed by atoms with Crippen LogP contribution in [0.1, 0.15) is 21.2 Å². The summed E-state index contributed by atoms with van der Waals surface area (Å²) in [7, 11) is -3.95. The van der Waals surface area contributed by atoms with Gasteiger partial charge in [0.25, 0.3) is 5.91 Å². The van der Waals surface area contributed by atoms with Crippen LogP contribution in [0.3, 0.4) is 0 Å². The van der Waals surface area contributed by atoms with Crippen molar-refractivity contribution in [3.05, 3.63) is 95.8 Å². The molecule has 0 spiro atoms. The second-order valence-electron chi connectivity index (χ2n) is 5.99. The maximum Gasteiger partial charge on any atom is 0.251 e. The fourth-order valence-electron chi connectivity index (χ4n) is 2.68. The van der Waals surface area contributed by atoms with Crippen molar-refractivity contribution < 1.29 is 22.0 Å². The highest BCUT2D eigenvalue weighted by molar-refractivity contribution is 7.91. The van der Waals surface area contributed by atoms with Crippen LogP contribution >= 0.6 is 0 Å². The SMILES string of the molecule is O=C(NC[C@H](c1cccnc1)S(=O)(=O)c1ccc(F)cc1)c1cccc(F)c1. The van der Waals surface area contributed by atoms with E-state index in [1.54, 1.807) is 12.1 Å². The highest BCUT2D eigenvalue weighted by Gasteiger charge is 2.30. The Kier molecular flexibility index (Phi) is 5.79. The van der Waals surface area contributed by atoms with Crippen LogP contribution in [-0.4, -0.2) is 25.9 Å². The van der Waals surface area contributed by atoms with Crippen LogP contribution < -0.4 is 5.32 Å². The molecule has 1 aromatic heterocycles. The van der Waals surface area contributed by atoms with Gasteiger partial charge in [0.2, 0.25) is 0 Å². The Morgan fingerprint density at radius 3 is 2.39 bits per heavy atom. The highest BCUT2D eigenvalue weighted by Crippen LogP contribution is 2.28. The number of amides is 1. The Balaban J connectivity index is 1.90. The van der Waals surface area contributed by atoms with Crippen molar-refractivity contribution in [3.8, 4) is 0 Å². The molecule has 0 radical (unpaired) electrons. The van der Waals surface area contributed by atoms with Crippen molar-refractivity contribution in [2.45, 2.75) is 10.1 Å². The second kappa shape index (κ2) is 8.26. The number of carbonyl (C=O) groups is 1. The topological polar surface area (TPSA) is 76.1 Å². The molecule has 1 heterocycles. The Bertz CT molecular complexity index is 1070. The molecule has 8 heteroatoms. The highest BCUT2D eigenvalue weighted by atomic mass is 32.2. The van der Waals surface area contributed by atoms with E-state index in [4.69, 9.17) is 0 Å². The molecule has 3 rings (SSSR count). The van der Waals surface area contributed by atoms with Gasteiger partial charge in [-0.05, 0) is 54.1 Å². The van der Waals surface area contributed by atoms with E-state index < -0.39 is 32.6 Å². The van der Waals surface area contributed by atoms with E-state index in [-0.39, 0.29) is 17.0 Å². The molecule has 5 nitrogen and oxygen atoms in total. The monoisotopic (exact) mass is 402 g/mol. The van der Waals surface area contributed by atoms with Crippen LogP contribution in [0.25, 0.3) is 0 Å². The van der Waals surface area contributed by atoms with Gasteiger partial charge < -0.3 is 5.32 Å². The Morgan fingerprint density at radius 1 is 1.00 bits per heavy atom. The average Bonchev–Trinajstić information content (AvgIpc) is 2.69. The van der Waals surface area contributed by atoms with E-state index in [2.05, 4.69) is 10.3 Å². The summed E-state index contributed by atoms with van der Waals surface area (Å²) < 4.78 is 52.7. The summed E-state index contributed by atoms with van der Waals surface area (Å²) >= 11 is 0. The first-order chi connectivity index (χ1) is 13.4. The van der Waals surface area contributed by atoms with Gasteiger partial charge in [0, 0.05) is 24.5 Å². The normalized spacial score (nSPS) is 12.4. The molecule has 1 amide bonds. The van der Waals surface area contributed by atoms with Crippen LogP contribution in [0.5, 0.6) is 0 Å². The van der Waals surface area contributed by atoms with Crippen molar-refractivity contribution in [2.75, 3.05) is 6.54 Å². The molecule has 1 atom stereocenters. The number of rotatable bonds is 6. The number of hydrogen-bond donors (Lipinski definition) is 1. The maximum atomic E-state index is 13.3. The van der Waals surface area contributed by atoms with E-state index in [9.17, 15) is 22.0 Å². The number of nitrogens with zero attached hydrogens (tertiary/aromatic N) is 1. The van der Waals surface area contributed by atoms with Gasteiger partial charge >= 0.3 is 0 Å². The summed E-state index contributed by atoms with van der Waals surface area (Å²) in [5.41, 5.74) is 0.440. The summed E-state index contributed by atoms with van der Waals surface area (Å²) in [5, 5.41) is 1.38. The van der Waals surface area contributed by atoms with Crippen LogP contribution in [-0.2, 0) is 9.84 Å². The Morgan fingerprint density at radius 2 is 1.75 bits per heavy atom. The van der Waals surface area contributed by atoms with E-state index >= 15 is 0 Å². The fourth-order valence-corrected chi connectivity index (χ4v) is 4.32. The van der Waals surface area contributed by atoms with E-state index in [1.807, 2.05) is 0 Å². The largest absolute Gasteiger partial charge is 0.350 e. The van der Waals surface area contributed by atoms with E-state index in [1.165, 1.54) is 42.7 Å². The average molecular weight is 402 g/mol. The molecule has 0 aliphatic rings. The van der Waals surface area contributed by atoms with Crippen LogP contribution in [0.2, 0.25) is 0 Å². The standard InChI is InChI=1S/C20H16F2N2O3S/c21-16-6-8-18(9-7-16)28(26,27)19(15-4-2-10-23-12-15)13-24-20(25)14-3-1-5-17(22)11-14/h1-12,19H,13H2,(H,24,25)/t19-/m1/s1. The van der Waals surface area contributed by atoms with Crippen molar-refractivity contribution in [1.29, 1.82) is 0 Å². The molecule has 144 valence electrons. The lowest BCUT2D eigenvalue weighted by molar-refractivity contribution is 0.0953. The zero-order valence-corrected chi connectivity index (χ0v) is 15.4. The lowest BCUT2D eigenvalue weighted by Crippen LogP contribution is -2.32. The molecule has 0 bridgehead atoms. The smallest absolute Gasteiger partial charge is 0.251 e. The molecule has 3 aromatic rings. The maximum absolute atomic E-state index is 13.3. The summed E-state index contributed by atoms with van der Waals surface area (Å²) in [5.74, 6) is -1.74. The lowest BCUT2D eigenvalue weighted by Gasteiger charge is -2.19. The molecule has 28 heavy (non-hydrogen) atoms. The van der Waals surface area contributed by atoms with Gasteiger partial charge in [-0.1, -0.05) is 12.1 Å². The van der Waals surface area contributed by atoms with Gasteiger partial charge in [0.1, 0.15) is 16.9 Å². The third-order valence-electron chi connectivity index (χ3n) is 4.11. The summed E-state index contributed by atoms with van der Waals surface area (Å²) in [6.07, 6.45) is 2.89. The minimum atomic E-state index is -3.95. The number of nitrogens with one attached hydrogen (secondary N) is 1. The zero-order chi connectivity index (χ0) is 20.1. The Labute approximate surface area is 161 Å². The molecule has 0 fully saturated rings. The molecule has 0 aliphatic heterocycles. The van der Waals surface area contributed by atoms with Crippen molar-refractivity contribution >= 4 is 15.7 Å². The molecule has 1 N–H and O–H groups in total. The van der Waals surface area contributed by atoms with Gasteiger partial charge in [-0.15, -0.1) is 0 Å².